The van der Waals surface area contributed by atoms with Crippen LogP contribution in [0.3, 0.4) is 0 Å². The summed E-state index contributed by atoms with van der Waals surface area (Å²) in [5.74, 6) is 0.620. The number of nitrogens with two attached hydrogens (primary N) is 1. The Labute approximate surface area is 114 Å². The van der Waals surface area contributed by atoms with Crippen molar-refractivity contribution in [2.45, 2.75) is 44.9 Å². The standard InChI is InChI=1S/C14H25N3S/c1-10-12(14(2,3)9-15)18-13(16-10)11-6-5-7-17(4)8-11/h11H,5-9,15H2,1-4H3. The first-order valence-corrected chi connectivity index (χ1v) is 7.62. The Morgan fingerprint density at radius 1 is 1.50 bits per heavy atom. The van der Waals surface area contributed by atoms with Gasteiger partial charge in [-0.3, -0.25) is 0 Å². The molecule has 0 bridgehead atoms. The highest BCUT2D eigenvalue weighted by Crippen LogP contribution is 2.36. The normalized spacial score (nSPS) is 22.4. The van der Waals surface area contributed by atoms with Crippen molar-refractivity contribution in [3.05, 3.63) is 15.6 Å². The fourth-order valence-corrected chi connectivity index (χ4v) is 3.98. The molecular weight excluding hydrogens is 242 g/mol. The molecule has 0 aliphatic carbocycles. The Bertz CT molecular complexity index is 411. The second-order valence-electron chi connectivity index (χ2n) is 6.16. The molecule has 1 atom stereocenters. The van der Waals surface area contributed by atoms with Crippen LogP contribution in [0.4, 0.5) is 0 Å². The van der Waals surface area contributed by atoms with Gasteiger partial charge in [-0.2, -0.15) is 0 Å². The van der Waals surface area contributed by atoms with Crippen LogP contribution in [0.25, 0.3) is 0 Å². The molecule has 1 aromatic heterocycles. The monoisotopic (exact) mass is 267 g/mol. The molecule has 1 unspecified atom stereocenters. The Hall–Kier alpha value is -0.450. The fourth-order valence-electron chi connectivity index (χ4n) is 2.68. The molecule has 2 rings (SSSR count). The highest BCUT2D eigenvalue weighted by molar-refractivity contribution is 7.12. The molecule has 0 saturated carbocycles. The summed E-state index contributed by atoms with van der Waals surface area (Å²) >= 11 is 1.88. The lowest BCUT2D eigenvalue weighted by molar-refractivity contribution is 0.250. The van der Waals surface area contributed by atoms with Gasteiger partial charge in [0.2, 0.25) is 0 Å². The lowest BCUT2D eigenvalue weighted by Crippen LogP contribution is -2.30. The minimum absolute atomic E-state index is 0.0561. The third-order valence-electron chi connectivity index (χ3n) is 3.91. The van der Waals surface area contributed by atoms with Gasteiger partial charge in [-0.25, -0.2) is 4.98 Å². The summed E-state index contributed by atoms with van der Waals surface area (Å²) in [7, 11) is 2.21. The van der Waals surface area contributed by atoms with Gasteiger partial charge in [0, 0.05) is 29.3 Å². The number of thiazole rings is 1. The molecule has 0 spiro atoms. The minimum atomic E-state index is 0.0561. The average molecular weight is 267 g/mol. The second-order valence-corrected chi connectivity index (χ2v) is 7.19. The largest absolute Gasteiger partial charge is 0.330 e. The number of aryl methyl sites for hydroxylation is 1. The molecule has 102 valence electrons. The number of likely N-dealkylation sites (N-methyl/N-ethyl adjacent to an activating group) is 1. The van der Waals surface area contributed by atoms with Gasteiger partial charge in [-0.1, -0.05) is 13.8 Å². The summed E-state index contributed by atoms with van der Waals surface area (Å²) in [4.78, 5) is 8.60. The summed E-state index contributed by atoms with van der Waals surface area (Å²) in [6.45, 7) is 9.60. The number of piperidine rings is 1. The van der Waals surface area contributed by atoms with Crippen LogP contribution >= 0.6 is 11.3 Å². The maximum atomic E-state index is 5.89. The van der Waals surface area contributed by atoms with Crippen molar-refractivity contribution < 1.29 is 0 Å². The van der Waals surface area contributed by atoms with E-state index in [1.165, 1.54) is 35.0 Å². The second kappa shape index (κ2) is 5.27. The quantitative estimate of drug-likeness (QED) is 0.915. The van der Waals surface area contributed by atoms with Crippen LogP contribution in [0.15, 0.2) is 0 Å². The van der Waals surface area contributed by atoms with E-state index in [0.29, 0.717) is 12.5 Å². The molecular formula is C14H25N3S. The summed E-state index contributed by atoms with van der Waals surface area (Å²) in [5.41, 5.74) is 7.12. The maximum absolute atomic E-state index is 5.89. The summed E-state index contributed by atoms with van der Waals surface area (Å²) < 4.78 is 0. The van der Waals surface area contributed by atoms with Gasteiger partial charge < -0.3 is 10.6 Å². The van der Waals surface area contributed by atoms with E-state index < -0.39 is 0 Å². The number of likely N-dealkylation sites (tertiary alicyclic amines) is 1. The highest BCUT2D eigenvalue weighted by atomic mass is 32.1. The Balaban J connectivity index is 2.23. The van der Waals surface area contributed by atoms with Crippen molar-refractivity contribution in [2.75, 3.05) is 26.7 Å². The van der Waals surface area contributed by atoms with E-state index in [4.69, 9.17) is 10.7 Å². The number of hydrogen-bond donors (Lipinski definition) is 1. The minimum Gasteiger partial charge on any atom is -0.330 e. The van der Waals surface area contributed by atoms with E-state index in [1.54, 1.807) is 0 Å². The third-order valence-corrected chi connectivity index (χ3v) is 5.60. The van der Waals surface area contributed by atoms with Crippen LogP contribution in [0, 0.1) is 6.92 Å². The molecule has 1 aliphatic rings. The molecule has 0 aromatic carbocycles. The van der Waals surface area contributed by atoms with Gasteiger partial charge in [0.1, 0.15) is 0 Å². The van der Waals surface area contributed by atoms with Crippen molar-refractivity contribution in [1.82, 2.24) is 9.88 Å². The highest BCUT2D eigenvalue weighted by Gasteiger charge is 2.28. The molecule has 2 N–H and O–H groups in total. The lowest BCUT2D eigenvalue weighted by Gasteiger charge is -2.28. The van der Waals surface area contributed by atoms with Crippen LogP contribution in [-0.2, 0) is 5.41 Å². The molecule has 2 heterocycles. The summed E-state index contributed by atoms with van der Waals surface area (Å²) in [6.07, 6.45) is 2.56. The molecule has 1 saturated heterocycles. The average Bonchev–Trinajstić information content (AvgIpc) is 2.72. The zero-order chi connectivity index (χ0) is 13.3. The molecule has 4 heteroatoms. The first-order valence-electron chi connectivity index (χ1n) is 6.80. The van der Waals surface area contributed by atoms with Crippen molar-refractivity contribution >= 4 is 11.3 Å². The zero-order valence-electron chi connectivity index (χ0n) is 12.0. The molecule has 3 nitrogen and oxygen atoms in total. The smallest absolute Gasteiger partial charge is 0.0974 e. The lowest BCUT2D eigenvalue weighted by atomic mass is 9.91. The van der Waals surface area contributed by atoms with Crippen LogP contribution in [0.2, 0.25) is 0 Å². The van der Waals surface area contributed by atoms with Gasteiger partial charge in [-0.15, -0.1) is 11.3 Å². The molecule has 1 aromatic rings. The van der Waals surface area contributed by atoms with Gasteiger partial charge in [0.05, 0.1) is 10.7 Å². The number of aromatic nitrogens is 1. The van der Waals surface area contributed by atoms with Crippen molar-refractivity contribution in [3.8, 4) is 0 Å². The van der Waals surface area contributed by atoms with Gasteiger partial charge in [0.15, 0.2) is 0 Å². The Kier molecular flexibility index (Phi) is 4.09. The summed E-state index contributed by atoms with van der Waals surface area (Å²) in [6, 6.07) is 0. The summed E-state index contributed by atoms with van der Waals surface area (Å²) in [5, 5.41) is 1.32. The van der Waals surface area contributed by atoms with Gasteiger partial charge >= 0.3 is 0 Å². The van der Waals surface area contributed by atoms with Crippen LogP contribution in [0.1, 0.15) is 48.2 Å². The van der Waals surface area contributed by atoms with Gasteiger partial charge in [-0.05, 0) is 33.4 Å². The number of hydrogen-bond acceptors (Lipinski definition) is 4. The van der Waals surface area contributed by atoms with Crippen LogP contribution in [-0.4, -0.2) is 36.6 Å². The SMILES string of the molecule is Cc1nc(C2CCCN(C)C2)sc1C(C)(C)CN. The van der Waals surface area contributed by atoms with Crippen LogP contribution in [0.5, 0.6) is 0 Å². The topological polar surface area (TPSA) is 42.2 Å². The van der Waals surface area contributed by atoms with Crippen molar-refractivity contribution in [2.24, 2.45) is 5.73 Å². The molecule has 18 heavy (non-hydrogen) atoms. The molecule has 1 aliphatic heterocycles. The number of nitrogens with zero attached hydrogens (tertiary/aromatic N) is 2. The van der Waals surface area contributed by atoms with E-state index in [9.17, 15) is 0 Å². The number of rotatable bonds is 3. The third kappa shape index (κ3) is 2.76. The first-order chi connectivity index (χ1) is 8.44. The van der Waals surface area contributed by atoms with E-state index in [0.717, 1.165) is 6.54 Å². The fraction of sp³-hybridized carbons (Fsp3) is 0.786. The van der Waals surface area contributed by atoms with E-state index in [2.05, 4.69) is 32.7 Å². The zero-order valence-corrected chi connectivity index (χ0v) is 12.8. The van der Waals surface area contributed by atoms with E-state index in [-0.39, 0.29) is 5.41 Å². The molecule has 1 fully saturated rings. The first kappa shape index (κ1) is 14.0. The van der Waals surface area contributed by atoms with Crippen molar-refractivity contribution in [1.29, 1.82) is 0 Å². The molecule has 0 amide bonds. The Morgan fingerprint density at radius 2 is 2.22 bits per heavy atom. The predicted octanol–water partition coefficient (Wildman–Crippen LogP) is 2.50. The maximum Gasteiger partial charge on any atom is 0.0974 e. The van der Waals surface area contributed by atoms with Gasteiger partial charge in [0.25, 0.3) is 0 Å². The molecule has 0 radical (unpaired) electrons. The van der Waals surface area contributed by atoms with E-state index >= 15 is 0 Å². The Morgan fingerprint density at radius 3 is 2.83 bits per heavy atom. The predicted molar refractivity (Wildman–Crippen MR) is 78.4 cm³/mol. The van der Waals surface area contributed by atoms with Crippen LogP contribution < -0.4 is 5.73 Å². The van der Waals surface area contributed by atoms with Crippen molar-refractivity contribution in [3.63, 3.8) is 0 Å². The van der Waals surface area contributed by atoms with E-state index in [1.807, 2.05) is 11.3 Å².